The van der Waals surface area contributed by atoms with Gasteiger partial charge in [0.25, 0.3) is 0 Å². The molecule has 1 N–H and O–H groups in total. The second-order valence-electron chi connectivity index (χ2n) is 4.79. The molecule has 0 unspecified atom stereocenters. The van der Waals surface area contributed by atoms with Crippen LogP contribution in [0, 0.1) is 13.8 Å². The van der Waals surface area contributed by atoms with Crippen LogP contribution in [0.5, 0.6) is 0 Å². The molecule has 1 aromatic heterocycles. The van der Waals surface area contributed by atoms with Gasteiger partial charge in [0.1, 0.15) is 0 Å². The predicted octanol–water partition coefficient (Wildman–Crippen LogP) is 3.80. The Morgan fingerprint density at radius 3 is 2.71 bits per heavy atom. The van der Waals surface area contributed by atoms with Crippen LogP contribution < -0.4 is 0 Å². The van der Waals surface area contributed by atoms with Gasteiger partial charge in [0.15, 0.2) is 0 Å². The number of hydrogen-bond donors (Lipinski definition) is 1. The van der Waals surface area contributed by atoms with Gasteiger partial charge in [0.2, 0.25) is 0 Å². The third kappa shape index (κ3) is 3.16. The number of benzene rings is 1. The lowest BCUT2D eigenvalue weighted by atomic mass is 10.1. The first-order valence-corrected chi connectivity index (χ1v) is 7.07. The summed E-state index contributed by atoms with van der Waals surface area (Å²) in [5, 5.41) is 13.9. The Labute approximate surface area is 128 Å². The number of aliphatic carboxylic acids is 1. The van der Waals surface area contributed by atoms with Crippen molar-refractivity contribution < 1.29 is 9.90 Å². The number of carboxylic acid groups (broad SMARTS) is 1. The zero-order valence-corrected chi connectivity index (χ0v) is 13.0. The van der Waals surface area contributed by atoms with E-state index in [4.69, 9.17) is 16.7 Å². The molecule has 21 heavy (non-hydrogen) atoms. The fourth-order valence-electron chi connectivity index (χ4n) is 2.43. The molecule has 0 aliphatic rings. The van der Waals surface area contributed by atoms with Crippen LogP contribution in [0.15, 0.2) is 24.3 Å². The third-order valence-electron chi connectivity index (χ3n) is 3.42. The lowest BCUT2D eigenvalue weighted by molar-refractivity contribution is -0.131. The van der Waals surface area contributed by atoms with Gasteiger partial charge in [0.05, 0.1) is 11.4 Å². The smallest absolute Gasteiger partial charge is 0.328 e. The Bertz CT molecular complexity index is 717. The van der Waals surface area contributed by atoms with Gasteiger partial charge in [0, 0.05) is 22.4 Å². The molecule has 0 saturated heterocycles. The number of aryl methyl sites for hydroxylation is 1. The van der Waals surface area contributed by atoms with Crippen LogP contribution in [0.4, 0.5) is 0 Å². The van der Waals surface area contributed by atoms with Gasteiger partial charge in [-0.1, -0.05) is 18.5 Å². The Hall–Kier alpha value is -2.07. The van der Waals surface area contributed by atoms with E-state index in [9.17, 15) is 4.79 Å². The van der Waals surface area contributed by atoms with E-state index < -0.39 is 5.97 Å². The Morgan fingerprint density at radius 1 is 1.43 bits per heavy atom. The molecule has 0 atom stereocenters. The molecular weight excluding hydrogens is 288 g/mol. The molecule has 2 rings (SSSR count). The summed E-state index contributed by atoms with van der Waals surface area (Å²) in [5.74, 6) is -0.997. The molecule has 5 heteroatoms. The summed E-state index contributed by atoms with van der Waals surface area (Å²) in [6.45, 7) is 6.08. The molecular formula is C16H17ClN2O2. The van der Waals surface area contributed by atoms with Crippen LogP contribution in [0.1, 0.15) is 29.4 Å². The van der Waals surface area contributed by atoms with Crippen molar-refractivity contribution in [3.63, 3.8) is 0 Å². The Balaban J connectivity index is 2.61. The van der Waals surface area contributed by atoms with Gasteiger partial charge in [-0.2, -0.15) is 5.10 Å². The highest BCUT2D eigenvalue weighted by Gasteiger charge is 2.13. The molecule has 0 bridgehead atoms. The number of carbonyl (C=O) groups is 1. The van der Waals surface area contributed by atoms with E-state index in [2.05, 4.69) is 12.0 Å². The molecule has 0 amide bonds. The second-order valence-corrected chi connectivity index (χ2v) is 5.23. The van der Waals surface area contributed by atoms with Gasteiger partial charge < -0.3 is 5.11 Å². The number of hydrogen-bond acceptors (Lipinski definition) is 2. The molecule has 1 heterocycles. The van der Waals surface area contributed by atoms with Gasteiger partial charge in [-0.25, -0.2) is 9.48 Å². The summed E-state index contributed by atoms with van der Waals surface area (Å²) in [6, 6.07) is 5.36. The maximum Gasteiger partial charge on any atom is 0.328 e. The summed E-state index contributed by atoms with van der Waals surface area (Å²) in [5.41, 5.74) is 4.79. The van der Waals surface area contributed by atoms with Crippen molar-refractivity contribution in [1.29, 1.82) is 0 Å². The molecule has 0 aliphatic carbocycles. The van der Waals surface area contributed by atoms with E-state index in [1.807, 2.05) is 24.6 Å². The molecule has 0 radical (unpaired) electrons. The molecule has 0 saturated carbocycles. The SMILES string of the molecule is CCc1c(C)nn(-c2ccc(Cl)cc2/C=C/C(=O)O)c1C. The first kappa shape index (κ1) is 15.3. The van der Waals surface area contributed by atoms with Crippen molar-refractivity contribution in [2.24, 2.45) is 0 Å². The van der Waals surface area contributed by atoms with E-state index in [0.717, 1.165) is 35.1 Å². The number of nitrogens with zero attached hydrogens (tertiary/aromatic N) is 2. The second kappa shape index (κ2) is 6.14. The van der Waals surface area contributed by atoms with Gasteiger partial charge in [-0.05, 0) is 50.1 Å². The highest BCUT2D eigenvalue weighted by atomic mass is 35.5. The van der Waals surface area contributed by atoms with Gasteiger partial charge in [-0.3, -0.25) is 0 Å². The maximum atomic E-state index is 10.7. The van der Waals surface area contributed by atoms with Crippen molar-refractivity contribution in [3.8, 4) is 5.69 Å². The summed E-state index contributed by atoms with van der Waals surface area (Å²) in [4.78, 5) is 10.7. The lowest BCUT2D eigenvalue weighted by Gasteiger charge is -2.09. The van der Waals surface area contributed by atoms with Crippen LogP contribution in [0.25, 0.3) is 11.8 Å². The highest BCUT2D eigenvalue weighted by Crippen LogP contribution is 2.24. The van der Waals surface area contributed by atoms with Crippen LogP contribution in [-0.4, -0.2) is 20.9 Å². The lowest BCUT2D eigenvalue weighted by Crippen LogP contribution is -2.02. The Morgan fingerprint density at radius 2 is 2.14 bits per heavy atom. The normalized spacial score (nSPS) is 11.2. The summed E-state index contributed by atoms with van der Waals surface area (Å²) < 4.78 is 1.84. The van der Waals surface area contributed by atoms with Crippen LogP contribution in [0.3, 0.4) is 0 Å². The van der Waals surface area contributed by atoms with E-state index in [-0.39, 0.29) is 0 Å². The minimum atomic E-state index is -0.997. The maximum absolute atomic E-state index is 10.7. The fourth-order valence-corrected chi connectivity index (χ4v) is 2.61. The first-order valence-electron chi connectivity index (χ1n) is 6.70. The van der Waals surface area contributed by atoms with E-state index >= 15 is 0 Å². The molecule has 0 spiro atoms. The van der Waals surface area contributed by atoms with Crippen molar-refractivity contribution >= 4 is 23.6 Å². The predicted molar refractivity (Wildman–Crippen MR) is 84.1 cm³/mol. The number of halogens is 1. The van der Waals surface area contributed by atoms with E-state index in [1.165, 1.54) is 11.6 Å². The van der Waals surface area contributed by atoms with E-state index in [1.54, 1.807) is 12.1 Å². The number of carboxylic acids is 1. The third-order valence-corrected chi connectivity index (χ3v) is 3.65. The highest BCUT2D eigenvalue weighted by molar-refractivity contribution is 6.30. The fraction of sp³-hybridized carbons (Fsp3) is 0.250. The van der Waals surface area contributed by atoms with Gasteiger partial charge >= 0.3 is 5.97 Å². The minimum absolute atomic E-state index is 0.557. The van der Waals surface area contributed by atoms with Crippen LogP contribution in [-0.2, 0) is 11.2 Å². The quantitative estimate of drug-likeness (QED) is 0.874. The van der Waals surface area contributed by atoms with Crippen molar-refractivity contribution in [2.45, 2.75) is 27.2 Å². The molecule has 4 nitrogen and oxygen atoms in total. The summed E-state index contributed by atoms with van der Waals surface area (Å²) >= 11 is 6.01. The number of aromatic nitrogens is 2. The van der Waals surface area contributed by atoms with Crippen LogP contribution >= 0.6 is 11.6 Å². The molecule has 0 fully saturated rings. The molecule has 0 aliphatic heterocycles. The molecule has 1 aromatic carbocycles. The summed E-state index contributed by atoms with van der Waals surface area (Å²) in [7, 11) is 0. The van der Waals surface area contributed by atoms with Crippen molar-refractivity contribution in [3.05, 3.63) is 51.8 Å². The topological polar surface area (TPSA) is 55.1 Å². The van der Waals surface area contributed by atoms with Crippen LogP contribution in [0.2, 0.25) is 5.02 Å². The Kier molecular flexibility index (Phi) is 4.48. The average Bonchev–Trinajstić information content (AvgIpc) is 2.71. The molecule has 2 aromatic rings. The van der Waals surface area contributed by atoms with E-state index in [0.29, 0.717) is 5.02 Å². The standard InChI is InChI=1S/C16H17ClN2O2/c1-4-14-10(2)18-19(11(14)3)15-7-6-13(17)9-12(15)5-8-16(20)21/h5-9H,4H2,1-3H3,(H,20,21)/b8-5+. The number of rotatable bonds is 4. The van der Waals surface area contributed by atoms with Crippen molar-refractivity contribution in [2.75, 3.05) is 0 Å². The monoisotopic (exact) mass is 304 g/mol. The first-order chi connectivity index (χ1) is 9.93. The summed E-state index contributed by atoms with van der Waals surface area (Å²) in [6.07, 6.45) is 3.54. The van der Waals surface area contributed by atoms with Crippen molar-refractivity contribution in [1.82, 2.24) is 9.78 Å². The van der Waals surface area contributed by atoms with Gasteiger partial charge in [-0.15, -0.1) is 0 Å². The minimum Gasteiger partial charge on any atom is -0.478 e. The largest absolute Gasteiger partial charge is 0.478 e. The zero-order chi connectivity index (χ0) is 15.6. The average molecular weight is 305 g/mol. The zero-order valence-electron chi connectivity index (χ0n) is 12.2. The molecule has 110 valence electrons.